The van der Waals surface area contributed by atoms with E-state index >= 15 is 0 Å². The highest BCUT2D eigenvalue weighted by molar-refractivity contribution is 6.42. The molecule has 0 aliphatic carbocycles. The highest BCUT2D eigenvalue weighted by atomic mass is 16.5. The minimum Gasteiger partial charge on any atom is -0.465 e. The van der Waals surface area contributed by atoms with Gasteiger partial charge < -0.3 is 9.15 Å². The maximum atomic E-state index is 12.4. The average molecular weight is 318 g/mol. The van der Waals surface area contributed by atoms with E-state index in [0.29, 0.717) is 11.3 Å². The molecule has 118 valence electrons. The van der Waals surface area contributed by atoms with E-state index in [-0.39, 0.29) is 0 Å². The number of carbonyl (C=O) groups is 2. The molecule has 2 atom stereocenters. The molecule has 0 amide bonds. The summed E-state index contributed by atoms with van der Waals surface area (Å²) < 4.78 is 11.3. The Morgan fingerprint density at radius 3 is 2.04 bits per heavy atom. The second-order valence-corrected chi connectivity index (χ2v) is 5.60. The van der Waals surface area contributed by atoms with E-state index in [1.807, 2.05) is 48.5 Å². The van der Waals surface area contributed by atoms with Gasteiger partial charge in [0.1, 0.15) is 5.76 Å². The number of ether oxygens (including phenoxy) is 1. The zero-order valence-corrected chi connectivity index (χ0v) is 12.7. The third-order valence-corrected chi connectivity index (χ3v) is 4.11. The molecule has 1 aromatic heterocycles. The van der Waals surface area contributed by atoms with Crippen LogP contribution in [-0.2, 0) is 14.3 Å². The minimum atomic E-state index is -1.01. The number of hydrogen-bond donors (Lipinski definition) is 0. The standard InChI is InChI=1S/C20H14O4/c21-16-17(22)20(24-18(16)14-9-5-2-6-10-14)19-15(11-12-23-19)13-7-3-1-4-8-13/h1-12,18,20H. The first kappa shape index (κ1) is 14.6. The number of carbonyl (C=O) groups excluding carboxylic acids is 2. The Hall–Kier alpha value is -2.98. The summed E-state index contributed by atoms with van der Waals surface area (Å²) in [5, 5.41) is 0. The number of ketones is 2. The van der Waals surface area contributed by atoms with Crippen LogP contribution in [0.25, 0.3) is 11.1 Å². The first-order valence-electron chi connectivity index (χ1n) is 7.67. The van der Waals surface area contributed by atoms with Crippen LogP contribution in [0.4, 0.5) is 0 Å². The molecule has 2 unspecified atom stereocenters. The fourth-order valence-corrected chi connectivity index (χ4v) is 2.94. The van der Waals surface area contributed by atoms with Gasteiger partial charge >= 0.3 is 0 Å². The van der Waals surface area contributed by atoms with Crippen molar-refractivity contribution in [3.05, 3.63) is 84.3 Å². The highest BCUT2D eigenvalue weighted by Gasteiger charge is 2.46. The van der Waals surface area contributed by atoms with Gasteiger partial charge in [-0.15, -0.1) is 0 Å². The number of Topliss-reactive ketones (excluding diaryl/α,β-unsaturated/α-hetero) is 2. The quantitative estimate of drug-likeness (QED) is 0.687. The summed E-state index contributed by atoms with van der Waals surface area (Å²) in [6.45, 7) is 0. The Labute approximate surface area is 138 Å². The van der Waals surface area contributed by atoms with E-state index in [4.69, 9.17) is 9.15 Å². The van der Waals surface area contributed by atoms with E-state index in [2.05, 4.69) is 0 Å². The molecule has 1 aliphatic rings. The van der Waals surface area contributed by atoms with Gasteiger partial charge in [0.15, 0.2) is 12.2 Å². The second-order valence-electron chi connectivity index (χ2n) is 5.60. The molecule has 0 bridgehead atoms. The maximum Gasteiger partial charge on any atom is 0.238 e. The largest absolute Gasteiger partial charge is 0.465 e. The summed E-state index contributed by atoms with van der Waals surface area (Å²) in [5.74, 6) is -0.740. The lowest BCUT2D eigenvalue weighted by Gasteiger charge is -2.11. The number of rotatable bonds is 3. The third kappa shape index (κ3) is 2.37. The molecule has 2 heterocycles. The van der Waals surface area contributed by atoms with Crippen molar-refractivity contribution in [3.63, 3.8) is 0 Å². The fraction of sp³-hybridized carbons (Fsp3) is 0.100. The van der Waals surface area contributed by atoms with Gasteiger partial charge in [0.25, 0.3) is 0 Å². The molecule has 2 aromatic carbocycles. The van der Waals surface area contributed by atoms with E-state index in [0.717, 1.165) is 11.1 Å². The van der Waals surface area contributed by atoms with Crippen LogP contribution in [-0.4, -0.2) is 11.6 Å². The van der Waals surface area contributed by atoms with Crippen LogP contribution in [0.1, 0.15) is 23.5 Å². The van der Waals surface area contributed by atoms with Crippen LogP contribution >= 0.6 is 0 Å². The molecule has 4 nitrogen and oxygen atoms in total. The van der Waals surface area contributed by atoms with Crippen molar-refractivity contribution < 1.29 is 18.7 Å². The van der Waals surface area contributed by atoms with Crippen molar-refractivity contribution in [2.24, 2.45) is 0 Å². The lowest BCUT2D eigenvalue weighted by atomic mass is 10.0. The van der Waals surface area contributed by atoms with Crippen LogP contribution in [0.2, 0.25) is 0 Å². The molecular formula is C20H14O4. The molecule has 4 heteroatoms. The van der Waals surface area contributed by atoms with Gasteiger partial charge in [0.2, 0.25) is 11.6 Å². The predicted octanol–water partition coefficient (Wildman–Crippen LogP) is 3.90. The molecule has 0 N–H and O–H groups in total. The predicted molar refractivity (Wildman–Crippen MR) is 87.2 cm³/mol. The summed E-state index contributed by atoms with van der Waals surface area (Å²) in [4.78, 5) is 24.8. The summed E-state index contributed by atoms with van der Waals surface area (Å²) >= 11 is 0. The van der Waals surface area contributed by atoms with Crippen LogP contribution in [0.3, 0.4) is 0 Å². The van der Waals surface area contributed by atoms with Crippen molar-refractivity contribution in [1.82, 2.24) is 0 Å². The molecule has 0 radical (unpaired) electrons. The number of benzene rings is 2. The Bertz CT molecular complexity index is 880. The van der Waals surface area contributed by atoms with Gasteiger partial charge in [-0.3, -0.25) is 9.59 Å². The Morgan fingerprint density at radius 2 is 1.33 bits per heavy atom. The van der Waals surface area contributed by atoms with Gasteiger partial charge in [-0.1, -0.05) is 60.7 Å². The van der Waals surface area contributed by atoms with Gasteiger partial charge in [-0.05, 0) is 17.2 Å². The van der Waals surface area contributed by atoms with E-state index in [1.165, 1.54) is 6.26 Å². The first-order chi connectivity index (χ1) is 11.8. The lowest BCUT2D eigenvalue weighted by Crippen LogP contribution is -2.14. The topological polar surface area (TPSA) is 56.5 Å². The van der Waals surface area contributed by atoms with Gasteiger partial charge in [-0.2, -0.15) is 0 Å². The second kappa shape index (κ2) is 5.91. The van der Waals surface area contributed by atoms with E-state index in [1.54, 1.807) is 18.2 Å². The average Bonchev–Trinajstić information content (AvgIpc) is 3.22. The lowest BCUT2D eigenvalue weighted by molar-refractivity contribution is -0.135. The SMILES string of the molecule is O=C1C(=O)C(c2occc2-c2ccccc2)OC1c1ccccc1. The highest BCUT2D eigenvalue weighted by Crippen LogP contribution is 2.40. The van der Waals surface area contributed by atoms with Crippen LogP contribution in [0.15, 0.2) is 77.4 Å². The van der Waals surface area contributed by atoms with Crippen molar-refractivity contribution in [2.75, 3.05) is 0 Å². The minimum absolute atomic E-state index is 0.373. The molecule has 1 aliphatic heterocycles. The van der Waals surface area contributed by atoms with Crippen LogP contribution in [0.5, 0.6) is 0 Å². The van der Waals surface area contributed by atoms with Crippen LogP contribution in [0, 0.1) is 0 Å². The maximum absolute atomic E-state index is 12.4. The molecule has 1 saturated heterocycles. The zero-order valence-electron chi connectivity index (χ0n) is 12.7. The Morgan fingerprint density at radius 1 is 0.708 bits per heavy atom. The normalized spacial score (nSPS) is 20.5. The zero-order chi connectivity index (χ0) is 16.5. The molecule has 24 heavy (non-hydrogen) atoms. The molecule has 3 aromatic rings. The summed E-state index contributed by atoms with van der Waals surface area (Å²) in [6, 6.07) is 20.4. The van der Waals surface area contributed by atoms with Crippen LogP contribution < -0.4 is 0 Å². The third-order valence-electron chi connectivity index (χ3n) is 4.11. The molecular weight excluding hydrogens is 304 g/mol. The van der Waals surface area contributed by atoms with Crippen molar-refractivity contribution in [2.45, 2.75) is 12.2 Å². The Kier molecular flexibility index (Phi) is 3.59. The van der Waals surface area contributed by atoms with Crippen molar-refractivity contribution in [3.8, 4) is 11.1 Å². The van der Waals surface area contributed by atoms with Gasteiger partial charge in [0.05, 0.1) is 6.26 Å². The molecule has 4 rings (SSSR count). The number of furan rings is 1. The first-order valence-corrected chi connectivity index (χ1v) is 7.67. The molecule has 0 spiro atoms. The summed E-state index contributed by atoms with van der Waals surface area (Å²) in [6.07, 6.45) is -0.375. The summed E-state index contributed by atoms with van der Waals surface area (Å²) in [7, 11) is 0. The molecule has 0 saturated carbocycles. The van der Waals surface area contributed by atoms with Crippen molar-refractivity contribution >= 4 is 11.6 Å². The fourth-order valence-electron chi connectivity index (χ4n) is 2.94. The molecule has 1 fully saturated rings. The Balaban J connectivity index is 1.71. The van der Waals surface area contributed by atoms with Gasteiger partial charge in [0, 0.05) is 5.56 Å². The smallest absolute Gasteiger partial charge is 0.238 e. The van der Waals surface area contributed by atoms with E-state index < -0.39 is 23.8 Å². The van der Waals surface area contributed by atoms with Crippen molar-refractivity contribution in [1.29, 1.82) is 0 Å². The summed E-state index contributed by atoms with van der Waals surface area (Å²) in [5.41, 5.74) is 2.34. The van der Waals surface area contributed by atoms with Gasteiger partial charge in [-0.25, -0.2) is 0 Å². The number of hydrogen-bond acceptors (Lipinski definition) is 4. The van der Waals surface area contributed by atoms with E-state index in [9.17, 15) is 9.59 Å². The monoisotopic (exact) mass is 318 g/mol.